The highest BCUT2D eigenvalue weighted by molar-refractivity contribution is 6.04. The van der Waals surface area contributed by atoms with E-state index in [1.165, 1.54) is 12.1 Å². The van der Waals surface area contributed by atoms with Gasteiger partial charge in [-0.15, -0.1) is 0 Å². The van der Waals surface area contributed by atoms with E-state index < -0.39 is 12.0 Å². The lowest BCUT2D eigenvalue weighted by Crippen LogP contribution is -2.85. The van der Waals surface area contributed by atoms with Crippen LogP contribution in [0.3, 0.4) is 0 Å². The van der Waals surface area contributed by atoms with E-state index in [1.807, 2.05) is 69.3 Å². The van der Waals surface area contributed by atoms with Crippen molar-refractivity contribution >= 4 is 23.3 Å². The number of carbonyl (C=O) groups excluding carboxylic acids is 1. The molecule has 7 heteroatoms. The lowest BCUT2D eigenvalue weighted by molar-refractivity contribution is -0.338. The van der Waals surface area contributed by atoms with E-state index in [2.05, 4.69) is 10.3 Å². The molecular weight excluding hydrogens is 467 g/mol. The molecule has 0 saturated carbocycles. The first-order chi connectivity index (χ1) is 17.7. The van der Waals surface area contributed by atoms with Crippen molar-refractivity contribution in [3.63, 3.8) is 0 Å². The molecule has 0 aromatic heterocycles. The van der Waals surface area contributed by atoms with E-state index in [-0.39, 0.29) is 17.8 Å². The maximum atomic E-state index is 13.9. The topological polar surface area (TPSA) is 90.7 Å². The van der Waals surface area contributed by atoms with Crippen molar-refractivity contribution in [3.8, 4) is 0 Å². The fourth-order valence-corrected chi connectivity index (χ4v) is 4.42. The number of allylic oxidation sites excluding steroid dienone is 1. The second-order valence-corrected chi connectivity index (χ2v) is 9.40. The fourth-order valence-electron chi connectivity index (χ4n) is 4.42. The van der Waals surface area contributed by atoms with Gasteiger partial charge in [-0.25, -0.2) is 9.38 Å². The van der Waals surface area contributed by atoms with Crippen molar-refractivity contribution in [3.05, 3.63) is 113 Å². The Balaban J connectivity index is 1.91. The molecule has 4 N–H and O–H groups in total. The number of aryl methyl sites for hydroxylation is 1. The first kappa shape index (κ1) is 25.8. The number of para-hydroxylation sites is 1. The minimum atomic E-state index is -0.649. The molecule has 1 amide bonds. The van der Waals surface area contributed by atoms with Crippen LogP contribution in [0.15, 0.2) is 95.1 Å². The molecule has 4 rings (SSSR count). The Morgan fingerprint density at radius 1 is 1.05 bits per heavy atom. The summed E-state index contributed by atoms with van der Waals surface area (Å²) in [5.41, 5.74) is 10.7. The molecule has 6 nitrogen and oxygen atoms in total. The first-order valence-electron chi connectivity index (χ1n) is 12.3. The van der Waals surface area contributed by atoms with Crippen LogP contribution in [0.5, 0.6) is 0 Å². The Hall–Kier alpha value is -4.26. The van der Waals surface area contributed by atoms with Crippen LogP contribution in [0.25, 0.3) is 0 Å². The van der Waals surface area contributed by atoms with Crippen molar-refractivity contribution in [2.75, 3.05) is 0 Å². The second-order valence-electron chi connectivity index (χ2n) is 9.40. The number of rotatable bonds is 5. The number of nitrogens with one attached hydrogen (secondary N) is 2. The lowest BCUT2D eigenvalue weighted by Gasteiger charge is -2.33. The van der Waals surface area contributed by atoms with Gasteiger partial charge in [0.2, 0.25) is 0 Å². The van der Waals surface area contributed by atoms with Crippen molar-refractivity contribution in [1.29, 1.82) is 0 Å². The highest BCUT2D eigenvalue weighted by atomic mass is 19.1. The van der Waals surface area contributed by atoms with Gasteiger partial charge in [-0.2, -0.15) is 0 Å². The molecule has 0 bridgehead atoms. The predicted molar refractivity (Wildman–Crippen MR) is 144 cm³/mol. The maximum Gasteiger partial charge on any atom is 0.329 e. The lowest BCUT2D eigenvalue weighted by atomic mass is 9.80. The van der Waals surface area contributed by atoms with Gasteiger partial charge in [0, 0.05) is 11.3 Å². The molecule has 0 saturated heterocycles. The van der Waals surface area contributed by atoms with Gasteiger partial charge < -0.3 is 15.8 Å². The summed E-state index contributed by atoms with van der Waals surface area (Å²) in [5, 5.41) is 3.15. The molecule has 0 unspecified atom stereocenters. The maximum absolute atomic E-state index is 13.9. The largest absolute Gasteiger partial charge is 0.461 e. The molecule has 2 atom stereocenters. The quantitative estimate of drug-likeness (QED) is 0.497. The van der Waals surface area contributed by atoms with Gasteiger partial charge in [0.15, 0.2) is 5.69 Å². The average molecular weight is 500 g/mol. The minimum absolute atomic E-state index is 0.183. The molecule has 3 aromatic rings. The van der Waals surface area contributed by atoms with Gasteiger partial charge in [-0.3, -0.25) is 4.79 Å². The Bertz CT molecular complexity index is 1360. The molecular formula is C30H32FN4O2+. The van der Waals surface area contributed by atoms with Crippen LogP contribution in [-0.2, 0) is 4.74 Å². The summed E-state index contributed by atoms with van der Waals surface area (Å²) < 4.78 is 20.1. The molecule has 3 aromatic carbocycles. The standard InChI is InChI=1S/C30H31FN4O2/c1-18(2)37-30-27(34-29(36)22-10-8-9-19(3)17-22)26(21-13-15-23(31)16-14-21)25(20(4)32)28(35-30)33-24-11-6-5-7-12-24/h5-18,26-27H,32H2,1-4H3,(H,34,36)/p+1/b25-20-,33-28?/t26-,27-/m0/s1. The van der Waals surface area contributed by atoms with Crippen molar-refractivity contribution in [1.82, 2.24) is 5.32 Å². The number of carbonyl (C=O) groups is 1. The molecule has 1 aliphatic heterocycles. The van der Waals surface area contributed by atoms with Gasteiger partial charge >= 0.3 is 5.84 Å². The number of halogens is 1. The highest BCUT2D eigenvalue weighted by Gasteiger charge is 2.44. The minimum Gasteiger partial charge on any atom is -0.461 e. The summed E-state index contributed by atoms with van der Waals surface area (Å²) in [6.45, 7) is 7.55. The smallest absolute Gasteiger partial charge is 0.329 e. The number of hydrogen-bond donors (Lipinski definition) is 3. The second kappa shape index (κ2) is 11.2. The summed E-state index contributed by atoms with van der Waals surface area (Å²) >= 11 is 0. The molecule has 190 valence electrons. The average Bonchev–Trinajstić information content (AvgIpc) is 2.86. The summed E-state index contributed by atoms with van der Waals surface area (Å²) in [6.07, 6.45) is -0.183. The third kappa shape index (κ3) is 6.12. The van der Waals surface area contributed by atoms with Crippen LogP contribution < -0.4 is 16.0 Å². The third-order valence-electron chi connectivity index (χ3n) is 6.00. The van der Waals surface area contributed by atoms with Crippen molar-refractivity contribution < 1.29 is 18.9 Å². The number of nitrogens with zero attached hydrogens (tertiary/aromatic N) is 1. The zero-order valence-corrected chi connectivity index (χ0v) is 21.5. The van der Waals surface area contributed by atoms with E-state index in [1.54, 1.807) is 25.1 Å². The van der Waals surface area contributed by atoms with Crippen LogP contribution in [0.4, 0.5) is 10.1 Å². The molecule has 1 aliphatic rings. The van der Waals surface area contributed by atoms with Crippen molar-refractivity contribution in [2.45, 2.75) is 45.8 Å². The van der Waals surface area contributed by atoms with Crippen LogP contribution in [0.1, 0.15) is 48.2 Å². The number of hydrogen-bond acceptors (Lipinski definition) is 4. The third-order valence-corrected chi connectivity index (χ3v) is 6.00. The van der Waals surface area contributed by atoms with E-state index >= 15 is 0 Å². The predicted octanol–water partition coefficient (Wildman–Crippen LogP) is 3.90. The Morgan fingerprint density at radius 2 is 1.76 bits per heavy atom. The summed E-state index contributed by atoms with van der Waals surface area (Å²) in [6, 6.07) is 22.4. The fraction of sp³-hybridized carbons (Fsp3) is 0.233. The Labute approximate surface area is 216 Å². The zero-order chi connectivity index (χ0) is 26.5. The molecule has 1 heterocycles. The van der Waals surface area contributed by atoms with E-state index in [0.717, 1.165) is 16.8 Å². The molecule has 37 heavy (non-hydrogen) atoms. The summed E-state index contributed by atoms with van der Waals surface area (Å²) in [4.78, 5) is 21.6. The van der Waals surface area contributed by atoms with Gasteiger partial charge in [0.05, 0.1) is 17.6 Å². The van der Waals surface area contributed by atoms with Gasteiger partial charge in [0.1, 0.15) is 11.9 Å². The Morgan fingerprint density at radius 3 is 2.38 bits per heavy atom. The summed E-state index contributed by atoms with van der Waals surface area (Å²) in [7, 11) is 0. The molecule has 0 aliphatic carbocycles. The Kier molecular flexibility index (Phi) is 7.82. The van der Waals surface area contributed by atoms with Crippen LogP contribution >= 0.6 is 0 Å². The molecule has 0 spiro atoms. The number of amides is 1. The number of benzene rings is 3. The number of nitrogens with two attached hydrogens (primary N) is 1. The number of aliphatic imine (C=N–C) groups is 1. The monoisotopic (exact) mass is 499 g/mol. The van der Waals surface area contributed by atoms with Crippen LogP contribution in [0.2, 0.25) is 0 Å². The van der Waals surface area contributed by atoms with E-state index in [0.29, 0.717) is 28.6 Å². The van der Waals surface area contributed by atoms with Gasteiger partial charge in [-0.1, -0.05) is 48.0 Å². The van der Waals surface area contributed by atoms with E-state index in [4.69, 9.17) is 15.5 Å². The normalized spacial score (nSPS) is 19.9. The van der Waals surface area contributed by atoms with E-state index in [9.17, 15) is 9.18 Å². The summed E-state index contributed by atoms with van der Waals surface area (Å²) in [5.74, 6) is -0.155. The van der Waals surface area contributed by atoms with Crippen LogP contribution in [-0.4, -0.2) is 29.8 Å². The van der Waals surface area contributed by atoms with Crippen LogP contribution in [0, 0.1) is 12.7 Å². The number of ether oxygens (including phenoxy) is 1. The van der Waals surface area contributed by atoms with Gasteiger partial charge in [-0.05, 0) is 74.6 Å². The number of amidine groups is 1. The molecule has 0 radical (unpaired) electrons. The SMILES string of the molecule is C/C(N)=C1/C(=Nc2ccccc2)[NH+]=C(OC(C)C)[C@@H](NC(=O)c2cccc(C)c2)[C@H]1c1ccc(F)cc1. The van der Waals surface area contributed by atoms with Gasteiger partial charge in [0.25, 0.3) is 11.8 Å². The highest BCUT2D eigenvalue weighted by Crippen LogP contribution is 2.33. The zero-order valence-electron chi connectivity index (χ0n) is 21.5. The molecule has 0 fully saturated rings. The van der Waals surface area contributed by atoms with Crippen molar-refractivity contribution in [2.24, 2.45) is 10.7 Å². The first-order valence-corrected chi connectivity index (χ1v) is 12.3.